The number of benzene rings is 1. The van der Waals surface area contributed by atoms with Gasteiger partial charge in [0, 0.05) is 18.1 Å². The van der Waals surface area contributed by atoms with Crippen LogP contribution in [0.5, 0.6) is 0 Å². The van der Waals surface area contributed by atoms with Gasteiger partial charge in [0.25, 0.3) is 0 Å². The van der Waals surface area contributed by atoms with E-state index in [-0.39, 0.29) is 5.97 Å². The molecule has 0 saturated carbocycles. The standard InChI is InChI=1S/C14H16ClNO2/c1-16-7-6-12(13(9-16)14(17)18-2)10-4-3-5-11(15)8-10/h3-5,8H,6-7,9H2,1-2H3. The molecule has 1 aliphatic heterocycles. The summed E-state index contributed by atoms with van der Waals surface area (Å²) in [6.07, 6.45) is 0.835. The Morgan fingerprint density at radius 3 is 2.89 bits per heavy atom. The van der Waals surface area contributed by atoms with Crippen molar-refractivity contribution in [1.29, 1.82) is 0 Å². The number of rotatable bonds is 2. The fraction of sp³-hybridized carbons (Fsp3) is 0.357. The van der Waals surface area contributed by atoms with E-state index in [1.165, 1.54) is 7.11 Å². The molecule has 0 N–H and O–H groups in total. The number of carbonyl (C=O) groups excluding carboxylic acids is 1. The van der Waals surface area contributed by atoms with Gasteiger partial charge in [0.05, 0.1) is 12.7 Å². The van der Waals surface area contributed by atoms with Crippen molar-refractivity contribution in [1.82, 2.24) is 4.90 Å². The van der Waals surface area contributed by atoms with Crippen LogP contribution >= 0.6 is 11.6 Å². The van der Waals surface area contributed by atoms with Crippen LogP contribution in [0.4, 0.5) is 0 Å². The van der Waals surface area contributed by atoms with Crippen LogP contribution in [0.15, 0.2) is 29.8 Å². The van der Waals surface area contributed by atoms with Crippen LogP contribution in [-0.2, 0) is 9.53 Å². The van der Waals surface area contributed by atoms with Gasteiger partial charge in [0.1, 0.15) is 0 Å². The average Bonchev–Trinajstić information content (AvgIpc) is 2.37. The lowest BCUT2D eigenvalue weighted by Crippen LogP contribution is -2.31. The monoisotopic (exact) mass is 265 g/mol. The van der Waals surface area contributed by atoms with E-state index in [2.05, 4.69) is 4.90 Å². The molecule has 2 rings (SSSR count). The Labute approximate surface area is 112 Å². The molecule has 1 heterocycles. The van der Waals surface area contributed by atoms with E-state index in [9.17, 15) is 4.79 Å². The number of esters is 1. The zero-order chi connectivity index (χ0) is 13.1. The largest absolute Gasteiger partial charge is 0.466 e. The number of methoxy groups -OCH3 is 1. The molecule has 1 aromatic carbocycles. The first kappa shape index (κ1) is 13.1. The van der Waals surface area contributed by atoms with Crippen LogP contribution in [-0.4, -0.2) is 38.1 Å². The molecule has 18 heavy (non-hydrogen) atoms. The summed E-state index contributed by atoms with van der Waals surface area (Å²) in [4.78, 5) is 14.0. The van der Waals surface area contributed by atoms with Crippen molar-refractivity contribution in [2.45, 2.75) is 6.42 Å². The molecular weight excluding hydrogens is 250 g/mol. The highest BCUT2D eigenvalue weighted by Crippen LogP contribution is 2.29. The maximum Gasteiger partial charge on any atom is 0.335 e. The summed E-state index contributed by atoms with van der Waals surface area (Å²) in [6, 6.07) is 7.61. The number of halogens is 1. The second kappa shape index (κ2) is 5.55. The lowest BCUT2D eigenvalue weighted by molar-refractivity contribution is -0.136. The molecule has 0 bridgehead atoms. The Hall–Kier alpha value is -1.32. The van der Waals surface area contributed by atoms with E-state index in [4.69, 9.17) is 16.3 Å². The molecular formula is C14H16ClNO2. The molecule has 0 saturated heterocycles. The zero-order valence-corrected chi connectivity index (χ0v) is 11.3. The molecule has 0 atom stereocenters. The maximum atomic E-state index is 11.8. The minimum absolute atomic E-state index is 0.253. The summed E-state index contributed by atoms with van der Waals surface area (Å²) in [5.74, 6) is -0.253. The third-order valence-corrected chi connectivity index (χ3v) is 3.38. The highest BCUT2D eigenvalue weighted by atomic mass is 35.5. The Balaban J connectivity index is 2.46. The highest BCUT2D eigenvalue weighted by Gasteiger charge is 2.23. The summed E-state index contributed by atoms with van der Waals surface area (Å²) in [5.41, 5.74) is 2.78. The Morgan fingerprint density at radius 1 is 1.44 bits per heavy atom. The molecule has 0 radical (unpaired) electrons. The van der Waals surface area contributed by atoms with Crippen LogP contribution < -0.4 is 0 Å². The van der Waals surface area contributed by atoms with Crippen LogP contribution in [0.2, 0.25) is 5.02 Å². The fourth-order valence-electron chi connectivity index (χ4n) is 2.20. The zero-order valence-electron chi connectivity index (χ0n) is 10.6. The maximum absolute atomic E-state index is 11.8. The smallest absolute Gasteiger partial charge is 0.335 e. The summed E-state index contributed by atoms with van der Waals surface area (Å²) < 4.78 is 4.86. The minimum Gasteiger partial charge on any atom is -0.466 e. The van der Waals surface area contributed by atoms with Crippen molar-refractivity contribution in [3.05, 3.63) is 40.4 Å². The van der Waals surface area contributed by atoms with Crippen LogP contribution in [0.1, 0.15) is 12.0 Å². The number of hydrogen-bond donors (Lipinski definition) is 0. The van der Waals surface area contributed by atoms with E-state index >= 15 is 0 Å². The first-order chi connectivity index (χ1) is 8.61. The first-order valence-electron chi connectivity index (χ1n) is 5.86. The van der Waals surface area contributed by atoms with E-state index < -0.39 is 0 Å². The third-order valence-electron chi connectivity index (χ3n) is 3.14. The van der Waals surface area contributed by atoms with Crippen LogP contribution in [0.3, 0.4) is 0 Å². The van der Waals surface area contributed by atoms with E-state index in [0.29, 0.717) is 11.6 Å². The average molecular weight is 266 g/mol. The van der Waals surface area contributed by atoms with Crippen molar-refractivity contribution in [2.75, 3.05) is 27.2 Å². The van der Waals surface area contributed by atoms with Gasteiger partial charge in [0.15, 0.2) is 0 Å². The highest BCUT2D eigenvalue weighted by molar-refractivity contribution is 6.30. The van der Waals surface area contributed by atoms with Gasteiger partial charge in [-0.3, -0.25) is 0 Å². The van der Waals surface area contributed by atoms with Gasteiger partial charge in [-0.05, 0) is 36.7 Å². The summed E-state index contributed by atoms with van der Waals surface area (Å²) in [6.45, 7) is 1.55. The van der Waals surface area contributed by atoms with Crippen LogP contribution in [0.25, 0.3) is 5.57 Å². The molecule has 0 fully saturated rings. The molecule has 4 heteroatoms. The van der Waals surface area contributed by atoms with Gasteiger partial charge < -0.3 is 9.64 Å². The van der Waals surface area contributed by atoms with Crippen molar-refractivity contribution >= 4 is 23.1 Å². The van der Waals surface area contributed by atoms with Gasteiger partial charge in [-0.2, -0.15) is 0 Å². The lowest BCUT2D eigenvalue weighted by atomic mass is 9.93. The number of nitrogens with zero attached hydrogens (tertiary/aromatic N) is 1. The first-order valence-corrected chi connectivity index (χ1v) is 6.24. The molecule has 1 aromatic rings. The van der Waals surface area contributed by atoms with Gasteiger partial charge in [0.2, 0.25) is 0 Å². The quantitative estimate of drug-likeness (QED) is 0.770. The molecule has 96 valence electrons. The van der Waals surface area contributed by atoms with Crippen molar-refractivity contribution in [3.63, 3.8) is 0 Å². The molecule has 0 amide bonds. The van der Waals surface area contributed by atoms with E-state index in [1.807, 2.05) is 31.3 Å². The predicted molar refractivity (Wildman–Crippen MR) is 72.5 cm³/mol. The third kappa shape index (κ3) is 2.74. The summed E-state index contributed by atoms with van der Waals surface area (Å²) in [5, 5.41) is 0.683. The van der Waals surface area contributed by atoms with Crippen molar-refractivity contribution < 1.29 is 9.53 Å². The Morgan fingerprint density at radius 2 is 2.22 bits per heavy atom. The second-order valence-electron chi connectivity index (χ2n) is 4.45. The van der Waals surface area contributed by atoms with Gasteiger partial charge in [-0.1, -0.05) is 23.7 Å². The van der Waals surface area contributed by atoms with Crippen LogP contribution in [0, 0.1) is 0 Å². The van der Waals surface area contributed by atoms with E-state index in [1.54, 1.807) is 0 Å². The molecule has 0 unspecified atom stereocenters. The SMILES string of the molecule is COC(=O)C1=C(c2cccc(Cl)c2)CCN(C)C1. The predicted octanol–water partition coefficient (Wildman–Crippen LogP) is 2.60. The molecule has 0 aromatic heterocycles. The van der Waals surface area contributed by atoms with E-state index in [0.717, 1.165) is 29.7 Å². The fourth-order valence-corrected chi connectivity index (χ4v) is 2.39. The van der Waals surface area contributed by atoms with Crippen molar-refractivity contribution in [3.8, 4) is 0 Å². The number of hydrogen-bond acceptors (Lipinski definition) is 3. The molecule has 0 aliphatic carbocycles. The van der Waals surface area contributed by atoms with Gasteiger partial charge >= 0.3 is 5.97 Å². The molecule has 0 spiro atoms. The molecule has 1 aliphatic rings. The summed E-state index contributed by atoms with van der Waals surface area (Å²) in [7, 11) is 3.41. The van der Waals surface area contributed by atoms with Crippen molar-refractivity contribution in [2.24, 2.45) is 0 Å². The number of ether oxygens (including phenoxy) is 1. The minimum atomic E-state index is -0.253. The number of likely N-dealkylation sites (N-methyl/N-ethyl adjacent to an activating group) is 1. The number of carbonyl (C=O) groups is 1. The second-order valence-corrected chi connectivity index (χ2v) is 4.88. The van der Waals surface area contributed by atoms with Gasteiger partial charge in [-0.15, -0.1) is 0 Å². The Bertz CT molecular complexity index is 496. The Kier molecular flexibility index (Phi) is 4.04. The van der Waals surface area contributed by atoms with Gasteiger partial charge in [-0.25, -0.2) is 4.79 Å². The molecule has 3 nitrogen and oxygen atoms in total. The topological polar surface area (TPSA) is 29.5 Å². The normalized spacial score (nSPS) is 16.8. The lowest BCUT2D eigenvalue weighted by Gasteiger charge is -2.26. The summed E-state index contributed by atoms with van der Waals surface area (Å²) >= 11 is 6.00.